The fourth-order valence-corrected chi connectivity index (χ4v) is 4.88. The molecule has 6 nitrogen and oxygen atoms in total. The van der Waals surface area contributed by atoms with Crippen molar-refractivity contribution >= 4 is 14.3 Å². The molecule has 5 atom stereocenters. The molecule has 0 radical (unpaired) electrons. The molecule has 0 aromatic heterocycles. The highest BCUT2D eigenvalue weighted by molar-refractivity contribution is 6.74. The van der Waals surface area contributed by atoms with E-state index in [9.17, 15) is 9.90 Å². The van der Waals surface area contributed by atoms with Gasteiger partial charge in [0.1, 0.15) is 18.3 Å². The van der Waals surface area contributed by atoms with Crippen LogP contribution in [-0.4, -0.2) is 49.6 Å². The molecule has 3 rings (SSSR count). The molecule has 1 aromatic carbocycles. The summed E-state index contributed by atoms with van der Waals surface area (Å²) in [5.74, 6) is -1.30. The first-order chi connectivity index (χ1) is 13.3. The highest BCUT2D eigenvalue weighted by Crippen LogP contribution is 2.45. The average Bonchev–Trinajstić information content (AvgIpc) is 3.10. The monoisotopic (exact) mass is 422 g/mol. The summed E-state index contributed by atoms with van der Waals surface area (Å²) in [7, 11) is -2.17. The lowest BCUT2D eigenvalue weighted by Crippen LogP contribution is -2.48. The zero-order valence-corrected chi connectivity index (χ0v) is 19.5. The van der Waals surface area contributed by atoms with Crippen LogP contribution in [0.4, 0.5) is 0 Å². The largest absolute Gasteiger partial charge is 0.457 e. The van der Waals surface area contributed by atoms with Gasteiger partial charge in [0.2, 0.25) is 0 Å². The number of hydrogen-bond acceptors (Lipinski definition) is 6. The Balaban J connectivity index is 1.99. The molecule has 29 heavy (non-hydrogen) atoms. The van der Waals surface area contributed by atoms with E-state index < -0.39 is 50.6 Å². The van der Waals surface area contributed by atoms with Crippen molar-refractivity contribution in [2.24, 2.45) is 0 Å². The van der Waals surface area contributed by atoms with Gasteiger partial charge in [0.15, 0.2) is 20.2 Å². The minimum absolute atomic E-state index is 0.00381. The first-order valence-electron chi connectivity index (χ1n) is 10.3. The van der Waals surface area contributed by atoms with Crippen LogP contribution in [0.2, 0.25) is 18.1 Å². The summed E-state index contributed by atoms with van der Waals surface area (Å²) >= 11 is 0. The molecule has 0 unspecified atom stereocenters. The lowest BCUT2D eigenvalue weighted by atomic mass is 9.95. The SMILES string of the molecule is CC1(C)O[C@H]([C@H]2OC(=O)C[C@H]2O)[C@@H]([C@H](O[Si](C)(C)C(C)(C)C)c2ccccc2)O1. The molecule has 1 N–H and O–H groups in total. The van der Waals surface area contributed by atoms with Crippen molar-refractivity contribution in [3.8, 4) is 0 Å². The fourth-order valence-electron chi connectivity index (χ4n) is 3.62. The maximum absolute atomic E-state index is 11.8. The fraction of sp³-hybridized carbons (Fsp3) is 0.682. The van der Waals surface area contributed by atoms with Crippen LogP contribution >= 0.6 is 0 Å². The first kappa shape index (κ1) is 22.4. The van der Waals surface area contributed by atoms with Gasteiger partial charge < -0.3 is 23.7 Å². The summed E-state index contributed by atoms with van der Waals surface area (Å²) in [4.78, 5) is 11.8. The standard InChI is InChI=1S/C22H34O6Si/c1-21(2,3)29(6,7)28-17(14-11-9-8-10-12-14)19-20(27-22(4,5)26-19)18-15(23)13-16(24)25-18/h8-12,15,17-20,23H,13H2,1-7H3/t15-,17-,18+,19-,20-/m1/s1. The van der Waals surface area contributed by atoms with E-state index in [1.54, 1.807) is 0 Å². The number of ether oxygens (including phenoxy) is 3. The van der Waals surface area contributed by atoms with Crippen molar-refractivity contribution in [2.45, 2.75) is 95.5 Å². The summed E-state index contributed by atoms with van der Waals surface area (Å²) in [5, 5.41) is 10.4. The van der Waals surface area contributed by atoms with Crippen molar-refractivity contribution in [1.29, 1.82) is 0 Å². The van der Waals surface area contributed by atoms with Gasteiger partial charge in [-0.15, -0.1) is 0 Å². The van der Waals surface area contributed by atoms with E-state index >= 15 is 0 Å². The van der Waals surface area contributed by atoms with Crippen LogP contribution in [0.15, 0.2) is 30.3 Å². The number of aliphatic hydroxyl groups excluding tert-OH is 1. The van der Waals surface area contributed by atoms with Gasteiger partial charge in [0, 0.05) is 0 Å². The Morgan fingerprint density at radius 2 is 1.76 bits per heavy atom. The molecule has 2 heterocycles. The van der Waals surface area contributed by atoms with E-state index in [1.807, 2.05) is 44.2 Å². The molecule has 0 spiro atoms. The third-order valence-electron chi connectivity index (χ3n) is 6.16. The van der Waals surface area contributed by atoms with Crippen LogP contribution in [0.5, 0.6) is 0 Å². The minimum atomic E-state index is -2.17. The second-order valence-electron chi connectivity index (χ2n) is 10.0. The number of aliphatic hydroxyl groups is 1. The molecule has 1 aromatic rings. The molecule has 7 heteroatoms. The molecule has 0 aliphatic carbocycles. The first-order valence-corrected chi connectivity index (χ1v) is 13.2. The van der Waals surface area contributed by atoms with Crippen LogP contribution < -0.4 is 0 Å². The second kappa shape index (κ2) is 7.78. The van der Waals surface area contributed by atoms with E-state index in [0.717, 1.165) is 5.56 Å². The van der Waals surface area contributed by atoms with Crippen molar-refractivity contribution in [1.82, 2.24) is 0 Å². The minimum Gasteiger partial charge on any atom is -0.457 e. The maximum Gasteiger partial charge on any atom is 0.309 e. The Morgan fingerprint density at radius 3 is 2.28 bits per heavy atom. The highest BCUT2D eigenvalue weighted by atomic mass is 28.4. The molecular formula is C22H34O6Si. The third kappa shape index (κ3) is 4.75. The normalized spacial score (nSPS) is 31.0. The van der Waals surface area contributed by atoms with E-state index in [0.29, 0.717) is 0 Å². The van der Waals surface area contributed by atoms with Crippen LogP contribution in [-0.2, 0) is 23.4 Å². The predicted molar refractivity (Wildman–Crippen MR) is 112 cm³/mol. The smallest absolute Gasteiger partial charge is 0.309 e. The van der Waals surface area contributed by atoms with Crippen molar-refractivity contribution in [3.63, 3.8) is 0 Å². The molecule has 162 valence electrons. The number of hydrogen-bond donors (Lipinski definition) is 1. The molecule has 2 saturated heterocycles. The van der Waals surface area contributed by atoms with Gasteiger partial charge in [-0.2, -0.15) is 0 Å². The molecular weight excluding hydrogens is 388 g/mol. The van der Waals surface area contributed by atoms with Crippen LogP contribution in [0.3, 0.4) is 0 Å². The van der Waals surface area contributed by atoms with E-state index in [1.165, 1.54) is 0 Å². The highest BCUT2D eigenvalue weighted by Gasteiger charge is 2.55. The zero-order valence-electron chi connectivity index (χ0n) is 18.5. The Hall–Kier alpha value is -1.25. The van der Waals surface area contributed by atoms with E-state index in [4.69, 9.17) is 18.6 Å². The lowest BCUT2D eigenvalue weighted by molar-refractivity contribution is -0.168. The summed E-state index contributed by atoms with van der Waals surface area (Å²) in [5.41, 5.74) is 0.979. The van der Waals surface area contributed by atoms with Crippen LogP contribution in [0, 0.1) is 0 Å². The Labute approximate surface area is 174 Å². The third-order valence-corrected chi connectivity index (χ3v) is 10.6. The van der Waals surface area contributed by atoms with Gasteiger partial charge in [0.25, 0.3) is 0 Å². The number of benzene rings is 1. The number of cyclic esters (lactones) is 1. The van der Waals surface area contributed by atoms with Gasteiger partial charge in [0.05, 0.1) is 12.5 Å². The van der Waals surface area contributed by atoms with Crippen LogP contribution in [0.1, 0.15) is 52.7 Å². The number of carbonyl (C=O) groups is 1. The molecule has 2 aliphatic rings. The number of esters is 1. The van der Waals surface area contributed by atoms with Gasteiger partial charge in [-0.1, -0.05) is 51.1 Å². The summed E-state index contributed by atoms with van der Waals surface area (Å²) in [6.07, 6.45) is -3.28. The Kier molecular flexibility index (Phi) is 6.02. The van der Waals surface area contributed by atoms with Gasteiger partial charge in [-0.05, 0) is 37.5 Å². The summed E-state index contributed by atoms with van der Waals surface area (Å²) in [6, 6.07) is 9.93. The Bertz CT molecular complexity index is 727. The molecule has 0 saturated carbocycles. The quantitative estimate of drug-likeness (QED) is 0.572. The second-order valence-corrected chi connectivity index (χ2v) is 14.8. The predicted octanol–water partition coefficient (Wildman–Crippen LogP) is 3.95. The molecule has 0 amide bonds. The van der Waals surface area contributed by atoms with Gasteiger partial charge >= 0.3 is 5.97 Å². The van der Waals surface area contributed by atoms with Gasteiger partial charge in [-0.3, -0.25) is 4.79 Å². The van der Waals surface area contributed by atoms with Crippen molar-refractivity contribution in [2.75, 3.05) is 0 Å². The molecule has 2 fully saturated rings. The Morgan fingerprint density at radius 1 is 1.14 bits per heavy atom. The summed E-state index contributed by atoms with van der Waals surface area (Å²) in [6.45, 7) is 14.6. The van der Waals surface area contributed by atoms with E-state index in [-0.39, 0.29) is 11.5 Å². The number of carbonyl (C=O) groups excluding carboxylic acids is 1. The van der Waals surface area contributed by atoms with Crippen molar-refractivity contribution < 1.29 is 28.5 Å². The molecule has 0 bridgehead atoms. The van der Waals surface area contributed by atoms with Crippen molar-refractivity contribution in [3.05, 3.63) is 35.9 Å². The maximum atomic E-state index is 11.8. The summed E-state index contributed by atoms with van der Waals surface area (Å²) < 4.78 is 24.7. The average molecular weight is 423 g/mol. The topological polar surface area (TPSA) is 74.2 Å². The lowest BCUT2D eigenvalue weighted by Gasteiger charge is -2.41. The van der Waals surface area contributed by atoms with Crippen LogP contribution in [0.25, 0.3) is 0 Å². The van der Waals surface area contributed by atoms with Gasteiger partial charge in [-0.25, -0.2) is 0 Å². The molecule has 2 aliphatic heterocycles. The van der Waals surface area contributed by atoms with E-state index in [2.05, 4.69) is 33.9 Å². The number of rotatable bonds is 5. The zero-order chi connectivity index (χ0) is 21.6.